The summed E-state index contributed by atoms with van der Waals surface area (Å²) >= 11 is 0. The van der Waals surface area contributed by atoms with Crippen LogP contribution in [0.1, 0.15) is 45.8 Å². The molecule has 0 N–H and O–H groups in total. The summed E-state index contributed by atoms with van der Waals surface area (Å²) in [6, 6.07) is 10.7. The van der Waals surface area contributed by atoms with Crippen LogP contribution in [-0.4, -0.2) is 49.7 Å². The van der Waals surface area contributed by atoms with Gasteiger partial charge in [-0.3, -0.25) is 24.5 Å². The van der Waals surface area contributed by atoms with Gasteiger partial charge in [0.05, 0.1) is 0 Å². The summed E-state index contributed by atoms with van der Waals surface area (Å²) in [6.45, 7) is 5.87. The number of nitrogens with zero attached hydrogens (tertiary/aromatic N) is 5. The van der Waals surface area contributed by atoms with Crippen LogP contribution in [0.5, 0.6) is 0 Å². The van der Waals surface area contributed by atoms with Crippen LogP contribution in [0, 0.1) is 0 Å². The number of pyridine rings is 3. The lowest BCUT2D eigenvalue weighted by atomic mass is 10.1. The molecule has 3 aromatic heterocycles. The Hall–Kier alpha value is -3.61. The van der Waals surface area contributed by atoms with Crippen molar-refractivity contribution in [3.8, 4) is 0 Å². The molecule has 0 aromatic carbocycles. The summed E-state index contributed by atoms with van der Waals surface area (Å²) in [5, 5.41) is 0. The highest BCUT2D eigenvalue weighted by Gasteiger charge is 2.20. The maximum Gasteiger partial charge on any atom is 0.272 e. The number of carbonyl (C=O) groups excluding carboxylic acids is 2. The van der Waals surface area contributed by atoms with Gasteiger partial charge in [-0.1, -0.05) is 0 Å². The summed E-state index contributed by atoms with van der Waals surface area (Å²) in [6.07, 6.45) is 8.33. The molecule has 0 saturated carbocycles. The Kier molecular flexibility index (Phi) is 7.21. The Morgan fingerprint density at radius 3 is 1.73 bits per heavy atom. The lowest BCUT2D eigenvalue weighted by Crippen LogP contribution is -2.32. The third-order valence-corrected chi connectivity index (χ3v) is 4.81. The lowest BCUT2D eigenvalue weighted by Gasteiger charge is -2.22. The van der Waals surface area contributed by atoms with Gasteiger partial charge in [0.1, 0.15) is 5.69 Å². The van der Waals surface area contributed by atoms with Gasteiger partial charge in [-0.25, -0.2) is 0 Å². The zero-order valence-corrected chi connectivity index (χ0v) is 17.2. The van der Waals surface area contributed by atoms with Crippen LogP contribution in [-0.2, 0) is 13.1 Å². The van der Waals surface area contributed by atoms with E-state index in [4.69, 9.17) is 0 Å². The molecule has 0 aliphatic rings. The van der Waals surface area contributed by atoms with Crippen LogP contribution in [0.15, 0.2) is 67.4 Å². The van der Waals surface area contributed by atoms with Crippen molar-refractivity contribution in [2.75, 3.05) is 13.1 Å². The Morgan fingerprint density at radius 1 is 0.733 bits per heavy atom. The molecule has 154 valence electrons. The number of amides is 2. The van der Waals surface area contributed by atoms with E-state index in [1.54, 1.807) is 46.7 Å². The number of aromatic nitrogens is 3. The summed E-state index contributed by atoms with van der Waals surface area (Å²) in [7, 11) is 0. The smallest absolute Gasteiger partial charge is 0.272 e. The van der Waals surface area contributed by atoms with Gasteiger partial charge in [0.2, 0.25) is 0 Å². The zero-order valence-electron chi connectivity index (χ0n) is 17.2. The van der Waals surface area contributed by atoms with Gasteiger partial charge in [0.25, 0.3) is 11.8 Å². The van der Waals surface area contributed by atoms with Crippen molar-refractivity contribution in [3.05, 3.63) is 89.8 Å². The van der Waals surface area contributed by atoms with Gasteiger partial charge in [-0.2, -0.15) is 0 Å². The fourth-order valence-electron chi connectivity index (χ4n) is 3.10. The average Bonchev–Trinajstić information content (AvgIpc) is 2.81. The van der Waals surface area contributed by atoms with E-state index in [0.29, 0.717) is 31.7 Å². The molecule has 0 radical (unpaired) electrons. The topological polar surface area (TPSA) is 79.3 Å². The molecule has 3 heterocycles. The van der Waals surface area contributed by atoms with Gasteiger partial charge in [0, 0.05) is 62.7 Å². The molecule has 7 nitrogen and oxygen atoms in total. The quantitative estimate of drug-likeness (QED) is 0.577. The third-order valence-electron chi connectivity index (χ3n) is 4.81. The molecular weight excluding hydrogens is 378 g/mol. The van der Waals surface area contributed by atoms with Crippen LogP contribution < -0.4 is 0 Å². The number of hydrogen-bond acceptors (Lipinski definition) is 5. The number of rotatable bonds is 8. The predicted octanol–water partition coefficient (Wildman–Crippen LogP) is 3.20. The summed E-state index contributed by atoms with van der Waals surface area (Å²) in [4.78, 5) is 41.7. The first-order valence-electron chi connectivity index (χ1n) is 9.94. The van der Waals surface area contributed by atoms with E-state index in [1.807, 2.05) is 38.1 Å². The van der Waals surface area contributed by atoms with Crippen molar-refractivity contribution in [1.29, 1.82) is 0 Å². The monoisotopic (exact) mass is 403 g/mol. The van der Waals surface area contributed by atoms with E-state index in [9.17, 15) is 9.59 Å². The van der Waals surface area contributed by atoms with Crippen LogP contribution >= 0.6 is 0 Å². The normalized spacial score (nSPS) is 10.5. The lowest BCUT2D eigenvalue weighted by molar-refractivity contribution is 0.0745. The van der Waals surface area contributed by atoms with Crippen molar-refractivity contribution in [2.45, 2.75) is 26.9 Å². The summed E-state index contributed by atoms with van der Waals surface area (Å²) < 4.78 is 0. The molecule has 0 bridgehead atoms. The highest BCUT2D eigenvalue weighted by molar-refractivity contribution is 5.98. The molecule has 0 spiro atoms. The zero-order chi connectivity index (χ0) is 21.3. The van der Waals surface area contributed by atoms with Crippen LogP contribution in [0.3, 0.4) is 0 Å². The van der Waals surface area contributed by atoms with Gasteiger partial charge < -0.3 is 9.80 Å². The summed E-state index contributed by atoms with van der Waals surface area (Å²) in [5.74, 6) is -0.343. The van der Waals surface area contributed by atoms with Crippen molar-refractivity contribution in [1.82, 2.24) is 24.8 Å². The first kappa shape index (κ1) is 21.1. The van der Waals surface area contributed by atoms with Gasteiger partial charge in [0.15, 0.2) is 0 Å². The molecule has 0 aliphatic heterocycles. The molecular formula is C23H25N5O2. The minimum atomic E-state index is -0.207. The van der Waals surface area contributed by atoms with E-state index < -0.39 is 0 Å². The second kappa shape index (κ2) is 10.2. The molecule has 30 heavy (non-hydrogen) atoms. The molecule has 3 rings (SSSR count). The largest absolute Gasteiger partial charge is 0.335 e. The minimum absolute atomic E-state index is 0.136. The van der Waals surface area contributed by atoms with Crippen LogP contribution in [0.25, 0.3) is 0 Å². The first-order chi connectivity index (χ1) is 14.6. The maximum absolute atomic E-state index is 13.0. The molecule has 0 unspecified atom stereocenters. The number of carbonyl (C=O) groups is 2. The minimum Gasteiger partial charge on any atom is -0.335 e. The highest BCUT2D eigenvalue weighted by atomic mass is 16.2. The predicted molar refractivity (Wildman–Crippen MR) is 114 cm³/mol. The van der Waals surface area contributed by atoms with E-state index in [1.165, 1.54) is 6.20 Å². The standard InChI is InChI=1S/C23H25N5O2/c1-3-27(16-18-5-10-24-11-6-18)22(29)20-9-14-26-21(15-20)23(30)28(4-2)17-19-7-12-25-13-8-19/h5-15H,3-4,16-17H2,1-2H3. The second-order valence-corrected chi connectivity index (χ2v) is 6.78. The van der Waals surface area contributed by atoms with E-state index in [2.05, 4.69) is 15.0 Å². The molecule has 0 saturated heterocycles. The molecule has 0 atom stereocenters. The number of hydrogen-bond donors (Lipinski definition) is 0. The van der Waals surface area contributed by atoms with Gasteiger partial charge in [-0.15, -0.1) is 0 Å². The average molecular weight is 403 g/mol. The second-order valence-electron chi connectivity index (χ2n) is 6.78. The molecule has 2 amide bonds. The molecule has 3 aromatic rings. The Bertz CT molecular complexity index is 902. The van der Waals surface area contributed by atoms with Crippen molar-refractivity contribution in [3.63, 3.8) is 0 Å². The molecule has 0 fully saturated rings. The van der Waals surface area contributed by atoms with Crippen molar-refractivity contribution in [2.24, 2.45) is 0 Å². The fourth-order valence-corrected chi connectivity index (χ4v) is 3.10. The Morgan fingerprint density at radius 2 is 1.23 bits per heavy atom. The Balaban J connectivity index is 1.76. The van der Waals surface area contributed by atoms with E-state index in [0.717, 1.165) is 11.1 Å². The van der Waals surface area contributed by atoms with Gasteiger partial charge in [-0.05, 0) is 61.4 Å². The van der Waals surface area contributed by atoms with Crippen LogP contribution in [0.2, 0.25) is 0 Å². The molecule has 0 aliphatic carbocycles. The van der Waals surface area contributed by atoms with E-state index in [-0.39, 0.29) is 17.5 Å². The fraction of sp³-hybridized carbons (Fsp3) is 0.261. The van der Waals surface area contributed by atoms with E-state index >= 15 is 0 Å². The summed E-state index contributed by atoms with van der Waals surface area (Å²) in [5.41, 5.74) is 2.70. The van der Waals surface area contributed by atoms with Gasteiger partial charge >= 0.3 is 0 Å². The highest BCUT2D eigenvalue weighted by Crippen LogP contribution is 2.13. The van der Waals surface area contributed by atoms with Crippen molar-refractivity contribution < 1.29 is 9.59 Å². The van der Waals surface area contributed by atoms with Crippen LogP contribution in [0.4, 0.5) is 0 Å². The first-order valence-corrected chi connectivity index (χ1v) is 9.94. The molecule has 7 heteroatoms. The van der Waals surface area contributed by atoms with Crippen molar-refractivity contribution >= 4 is 11.8 Å². The SMILES string of the molecule is CCN(Cc1ccncc1)C(=O)c1ccnc(C(=O)N(CC)Cc2ccncc2)c1. The Labute approximate surface area is 176 Å². The third kappa shape index (κ3) is 5.26. The maximum atomic E-state index is 13.0.